The summed E-state index contributed by atoms with van der Waals surface area (Å²) in [5.74, 6) is 0. The molecule has 2 aliphatic rings. The quantitative estimate of drug-likeness (QED) is 0.897. The van der Waals surface area contributed by atoms with Crippen LogP contribution in [0.2, 0.25) is 0 Å². The number of fused-ring (bicyclic) bond motifs is 1. The summed E-state index contributed by atoms with van der Waals surface area (Å²) in [6.45, 7) is 2.19. The van der Waals surface area contributed by atoms with E-state index >= 15 is 0 Å². The summed E-state index contributed by atoms with van der Waals surface area (Å²) in [6.07, 6.45) is 5.89. The normalized spacial score (nSPS) is 20.4. The van der Waals surface area contributed by atoms with E-state index in [0.717, 1.165) is 25.9 Å². The lowest BCUT2D eigenvalue weighted by Crippen LogP contribution is -2.21. The van der Waals surface area contributed by atoms with Gasteiger partial charge in [0, 0.05) is 18.3 Å². The van der Waals surface area contributed by atoms with Crippen LogP contribution in [0.5, 0.6) is 0 Å². The molecule has 112 valence electrons. The third-order valence-electron chi connectivity index (χ3n) is 4.70. The summed E-state index contributed by atoms with van der Waals surface area (Å²) in [4.78, 5) is 0. The van der Waals surface area contributed by atoms with Gasteiger partial charge in [0.1, 0.15) is 0 Å². The first-order chi connectivity index (χ1) is 10.9. The fourth-order valence-electron chi connectivity index (χ4n) is 3.52. The predicted molar refractivity (Wildman–Crippen MR) is 93.2 cm³/mol. The minimum Gasteiger partial charge on any atom is -0.381 e. The molecule has 22 heavy (non-hydrogen) atoms. The van der Waals surface area contributed by atoms with Crippen molar-refractivity contribution in [3.05, 3.63) is 71.3 Å². The molecular formula is C20H22N2. The van der Waals surface area contributed by atoms with Gasteiger partial charge in [0.25, 0.3) is 0 Å². The van der Waals surface area contributed by atoms with Gasteiger partial charge in [-0.1, -0.05) is 42.5 Å². The van der Waals surface area contributed by atoms with Crippen molar-refractivity contribution in [3.63, 3.8) is 0 Å². The number of hydrogen-bond acceptors (Lipinski definition) is 2. The van der Waals surface area contributed by atoms with Crippen LogP contribution in [0.4, 0.5) is 5.69 Å². The monoisotopic (exact) mass is 290 g/mol. The van der Waals surface area contributed by atoms with Crippen molar-refractivity contribution in [1.82, 2.24) is 5.32 Å². The molecule has 0 saturated carbocycles. The third-order valence-corrected chi connectivity index (χ3v) is 4.70. The summed E-state index contributed by atoms with van der Waals surface area (Å²) in [7, 11) is 0. The Morgan fingerprint density at radius 3 is 2.68 bits per heavy atom. The Bertz CT molecular complexity index is 679. The van der Waals surface area contributed by atoms with Crippen LogP contribution in [-0.4, -0.2) is 19.1 Å². The molecule has 2 N–H and O–H groups in total. The summed E-state index contributed by atoms with van der Waals surface area (Å²) >= 11 is 0. The molecule has 0 amide bonds. The molecule has 1 aliphatic carbocycles. The van der Waals surface area contributed by atoms with Gasteiger partial charge in [-0.25, -0.2) is 0 Å². The zero-order valence-electron chi connectivity index (χ0n) is 12.8. The van der Waals surface area contributed by atoms with E-state index in [4.69, 9.17) is 0 Å². The Hall–Kier alpha value is -2.06. The standard InChI is InChI=1S/C20H22N2/c1-2-6-19-15(4-1)5-3-7-20(19)16-8-10-17(11-9-16)22-18-12-13-21-14-18/h1-2,4,6-11,18,21-22H,3,5,12-14H2/t18-/m0/s1. The molecule has 0 unspecified atom stereocenters. The van der Waals surface area contributed by atoms with Crippen molar-refractivity contribution in [1.29, 1.82) is 0 Å². The number of rotatable bonds is 3. The zero-order valence-corrected chi connectivity index (χ0v) is 12.8. The molecule has 1 fully saturated rings. The molecule has 0 radical (unpaired) electrons. The van der Waals surface area contributed by atoms with E-state index < -0.39 is 0 Å². The lowest BCUT2D eigenvalue weighted by atomic mass is 9.87. The number of aryl methyl sites for hydroxylation is 1. The highest BCUT2D eigenvalue weighted by atomic mass is 15.0. The first kappa shape index (κ1) is 13.6. The molecule has 2 aromatic rings. The van der Waals surface area contributed by atoms with Crippen molar-refractivity contribution in [3.8, 4) is 0 Å². The molecule has 2 nitrogen and oxygen atoms in total. The highest BCUT2D eigenvalue weighted by Gasteiger charge is 2.15. The van der Waals surface area contributed by atoms with Crippen LogP contribution in [0.15, 0.2) is 54.6 Å². The SMILES string of the molecule is C1=C(c2ccc(N[C@H]3CCNC3)cc2)c2ccccc2CC1. The van der Waals surface area contributed by atoms with Crippen LogP contribution >= 0.6 is 0 Å². The molecular weight excluding hydrogens is 268 g/mol. The van der Waals surface area contributed by atoms with E-state index in [1.54, 1.807) is 0 Å². The van der Waals surface area contributed by atoms with Gasteiger partial charge in [-0.15, -0.1) is 0 Å². The largest absolute Gasteiger partial charge is 0.381 e. The maximum Gasteiger partial charge on any atom is 0.0398 e. The van der Waals surface area contributed by atoms with Crippen LogP contribution in [0.1, 0.15) is 29.5 Å². The minimum atomic E-state index is 0.570. The van der Waals surface area contributed by atoms with Crippen LogP contribution in [0, 0.1) is 0 Å². The second kappa shape index (κ2) is 5.98. The van der Waals surface area contributed by atoms with Crippen LogP contribution in [0.3, 0.4) is 0 Å². The molecule has 1 aliphatic heterocycles. The van der Waals surface area contributed by atoms with Gasteiger partial charge in [-0.3, -0.25) is 0 Å². The summed E-state index contributed by atoms with van der Waals surface area (Å²) in [6, 6.07) is 18.3. The van der Waals surface area contributed by atoms with E-state index in [2.05, 4.69) is 65.2 Å². The lowest BCUT2D eigenvalue weighted by Gasteiger charge is -2.19. The molecule has 0 bridgehead atoms. The van der Waals surface area contributed by atoms with Crippen LogP contribution < -0.4 is 10.6 Å². The van der Waals surface area contributed by atoms with E-state index in [1.165, 1.54) is 34.4 Å². The summed E-state index contributed by atoms with van der Waals surface area (Å²) < 4.78 is 0. The number of anilines is 1. The maximum atomic E-state index is 3.61. The highest BCUT2D eigenvalue weighted by molar-refractivity contribution is 5.83. The van der Waals surface area contributed by atoms with Crippen molar-refractivity contribution in [2.75, 3.05) is 18.4 Å². The van der Waals surface area contributed by atoms with Crippen molar-refractivity contribution >= 4 is 11.3 Å². The van der Waals surface area contributed by atoms with E-state index in [-0.39, 0.29) is 0 Å². The summed E-state index contributed by atoms with van der Waals surface area (Å²) in [5, 5.41) is 7.00. The fourth-order valence-corrected chi connectivity index (χ4v) is 3.52. The molecule has 1 heterocycles. The lowest BCUT2D eigenvalue weighted by molar-refractivity contribution is 0.793. The Morgan fingerprint density at radius 2 is 1.86 bits per heavy atom. The number of benzene rings is 2. The first-order valence-corrected chi connectivity index (χ1v) is 8.26. The number of hydrogen-bond donors (Lipinski definition) is 2. The van der Waals surface area contributed by atoms with Gasteiger partial charge >= 0.3 is 0 Å². The Kier molecular flexibility index (Phi) is 3.69. The molecule has 0 spiro atoms. The van der Waals surface area contributed by atoms with Crippen LogP contribution in [0.25, 0.3) is 5.57 Å². The van der Waals surface area contributed by atoms with Gasteiger partial charge in [0.05, 0.1) is 0 Å². The third kappa shape index (κ3) is 2.67. The molecule has 0 aromatic heterocycles. The molecule has 2 aromatic carbocycles. The van der Waals surface area contributed by atoms with Crippen LogP contribution in [-0.2, 0) is 6.42 Å². The topological polar surface area (TPSA) is 24.1 Å². The van der Waals surface area contributed by atoms with Crippen molar-refractivity contribution < 1.29 is 0 Å². The number of allylic oxidation sites excluding steroid dienone is 1. The second-order valence-electron chi connectivity index (χ2n) is 6.23. The van der Waals surface area contributed by atoms with Gasteiger partial charge in [0.15, 0.2) is 0 Å². The molecule has 2 heteroatoms. The molecule has 4 rings (SSSR count). The molecule has 1 atom stereocenters. The van der Waals surface area contributed by atoms with Gasteiger partial charge in [-0.2, -0.15) is 0 Å². The van der Waals surface area contributed by atoms with E-state index in [1.807, 2.05) is 0 Å². The first-order valence-electron chi connectivity index (χ1n) is 8.26. The van der Waals surface area contributed by atoms with E-state index in [9.17, 15) is 0 Å². The average molecular weight is 290 g/mol. The van der Waals surface area contributed by atoms with Crippen molar-refractivity contribution in [2.24, 2.45) is 0 Å². The Balaban J connectivity index is 1.57. The van der Waals surface area contributed by atoms with E-state index in [0.29, 0.717) is 6.04 Å². The maximum absolute atomic E-state index is 3.61. The summed E-state index contributed by atoms with van der Waals surface area (Å²) in [5.41, 5.74) is 6.80. The zero-order chi connectivity index (χ0) is 14.8. The van der Waals surface area contributed by atoms with Gasteiger partial charge < -0.3 is 10.6 Å². The predicted octanol–water partition coefficient (Wildman–Crippen LogP) is 3.84. The minimum absolute atomic E-state index is 0.570. The smallest absolute Gasteiger partial charge is 0.0398 e. The van der Waals surface area contributed by atoms with Gasteiger partial charge in [-0.05, 0) is 60.2 Å². The average Bonchev–Trinajstić information content (AvgIpc) is 3.08. The second-order valence-corrected chi connectivity index (χ2v) is 6.23. The fraction of sp³-hybridized carbons (Fsp3) is 0.300. The van der Waals surface area contributed by atoms with Gasteiger partial charge in [0.2, 0.25) is 0 Å². The van der Waals surface area contributed by atoms with Crippen molar-refractivity contribution in [2.45, 2.75) is 25.3 Å². The number of nitrogens with one attached hydrogen (secondary N) is 2. The highest BCUT2D eigenvalue weighted by Crippen LogP contribution is 2.32. The Labute approximate surface area is 132 Å². The molecule has 1 saturated heterocycles. The Morgan fingerprint density at radius 1 is 1.00 bits per heavy atom.